The van der Waals surface area contributed by atoms with E-state index in [1.165, 1.54) is 13.0 Å². The van der Waals surface area contributed by atoms with E-state index in [4.69, 9.17) is 9.15 Å². The zero-order chi connectivity index (χ0) is 22.7. The summed E-state index contributed by atoms with van der Waals surface area (Å²) >= 11 is 0. The van der Waals surface area contributed by atoms with E-state index in [0.29, 0.717) is 17.9 Å². The number of furan rings is 1. The maximum atomic E-state index is 12.4. The number of nitrogens with one attached hydrogen (secondary N) is 1. The monoisotopic (exact) mass is 424 g/mol. The van der Waals surface area contributed by atoms with Gasteiger partial charge in [0.2, 0.25) is 0 Å². The summed E-state index contributed by atoms with van der Waals surface area (Å²) in [6, 6.07) is 5.77. The van der Waals surface area contributed by atoms with Crippen LogP contribution in [0.25, 0.3) is 6.08 Å². The smallest absolute Gasteiger partial charge is 0.331 e. The number of anilines is 1. The molecule has 0 aliphatic carbocycles. The number of carbonyl (C=O) groups is 2. The van der Waals surface area contributed by atoms with Crippen LogP contribution in [0.3, 0.4) is 0 Å². The first kappa shape index (κ1) is 22.1. The van der Waals surface area contributed by atoms with Crippen molar-refractivity contribution >= 4 is 23.6 Å². The molecule has 31 heavy (non-hydrogen) atoms. The van der Waals surface area contributed by atoms with Gasteiger partial charge < -0.3 is 19.0 Å². The van der Waals surface area contributed by atoms with Crippen LogP contribution in [0.15, 0.2) is 35.0 Å². The molecule has 3 rings (SSSR count). The lowest BCUT2D eigenvalue weighted by molar-refractivity contribution is -0.148. The van der Waals surface area contributed by atoms with Gasteiger partial charge in [-0.25, -0.2) is 4.79 Å². The average Bonchev–Trinajstić information content (AvgIpc) is 3.38. The molecule has 0 saturated heterocycles. The molecule has 3 aromatic rings. The largest absolute Gasteiger partial charge is 0.467 e. The molecule has 1 N–H and O–H groups in total. The summed E-state index contributed by atoms with van der Waals surface area (Å²) in [5, 5.41) is 7.05. The Labute approximate surface area is 181 Å². The first-order valence-corrected chi connectivity index (χ1v) is 10.1. The van der Waals surface area contributed by atoms with Gasteiger partial charge in [0.05, 0.1) is 29.9 Å². The van der Waals surface area contributed by atoms with E-state index in [9.17, 15) is 9.59 Å². The first-order chi connectivity index (χ1) is 14.7. The maximum absolute atomic E-state index is 12.4. The van der Waals surface area contributed by atoms with Crippen LogP contribution in [-0.2, 0) is 27.9 Å². The molecule has 0 aromatic carbocycles. The lowest BCUT2D eigenvalue weighted by Crippen LogP contribution is -2.29. The molecule has 0 saturated carbocycles. The number of carbonyl (C=O) groups excluding carboxylic acids is 2. The minimum atomic E-state index is -0.942. The summed E-state index contributed by atoms with van der Waals surface area (Å²) in [7, 11) is 1.80. The minimum Gasteiger partial charge on any atom is -0.467 e. The zero-order valence-electron chi connectivity index (χ0n) is 18.7. The molecule has 3 heterocycles. The van der Waals surface area contributed by atoms with Gasteiger partial charge in [0.1, 0.15) is 5.76 Å². The Morgan fingerprint density at radius 1 is 1.26 bits per heavy atom. The fourth-order valence-electron chi connectivity index (χ4n) is 3.40. The van der Waals surface area contributed by atoms with Crippen LogP contribution < -0.4 is 5.32 Å². The Morgan fingerprint density at radius 2 is 2.00 bits per heavy atom. The van der Waals surface area contributed by atoms with Gasteiger partial charge in [-0.2, -0.15) is 5.10 Å². The normalized spacial score (nSPS) is 12.3. The van der Waals surface area contributed by atoms with Crippen molar-refractivity contribution in [3.63, 3.8) is 0 Å². The highest BCUT2D eigenvalue weighted by Gasteiger charge is 2.20. The number of aromatic nitrogens is 3. The summed E-state index contributed by atoms with van der Waals surface area (Å²) < 4.78 is 14.5. The number of amides is 1. The molecule has 3 aromatic heterocycles. The first-order valence-electron chi connectivity index (χ1n) is 10.1. The molecule has 0 spiro atoms. The number of rotatable bonds is 7. The highest BCUT2D eigenvalue weighted by molar-refractivity contribution is 5.97. The van der Waals surface area contributed by atoms with E-state index in [0.717, 1.165) is 28.4 Å². The Bertz CT molecular complexity index is 1120. The van der Waals surface area contributed by atoms with Crippen molar-refractivity contribution in [1.82, 2.24) is 14.3 Å². The Kier molecular flexibility index (Phi) is 6.48. The summed E-state index contributed by atoms with van der Waals surface area (Å²) in [5.41, 5.74) is 5.13. The summed E-state index contributed by atoms with van der Waals surface area (Å²) in [4.78, 5) is 24.7. The van der Waals surface area contributed by atoms with Gasteiger partial charge in [-0.15, -0.1) is 0 Å². The molecule has 164 valence electrons. The Morgan fingerprint density at radius 3 is 2.61 bits per heavy atom. The SMILES string of the molecule is Cc1nn(C)c(C)c1NC(=O)[C@H](C)OC(=O)/C=C/c1cc(C)n(Cc2ccco2)c1C. The number of aryl methyl sites for hydroxylation is 3. The van der Waals surface area contributed by atoms with Gasteiger partial charge >= 0.3 is 5.97 Å². The van der Waals surface area contributed by atoms with Gasteiger partial charge in [-0.3, -0.25) is 9.48 Å². The topological polar surface area (TPSA) is 91.3 Å². The highest BCUT2D eigenvalue weighted by Crippen LogP contribution is 2.20. The Hall–Kier alpha value is -3.55. The van der Waals surface area contributed by atoms with Crippen LogP contribution in [0, 0.1) is 27.7 Å². The number of esters is 1. The fourth-order valence-corrected chi connectivity index (χ4v) is 3.40. The minimum absolute atomic E-state index is 0.405. The van der Waals surface area contributed by atoms with Crippen molar-refractivity contribution in [2.75, 3.05) is 5.32 Å². The molecule has 0 unspecified atom stereocenters. The predicted octanol–water partition coefficient (Wildman–Crippen LogP) is 3.68. The van der Waals surface area contributed by atoms with Crippen molar-refractivity contribution in [2.45, 2.75) is 47.3 Å². The Balaban J connectivity index is 1.61. The van der Waals surface area contributed by atoms with Crippen molar-refractivity contribution in [3.8, 4) is 0 Å². The third-order valence-electron chi connectivity index (χ3n) is 5.33. The molecule has 0 bridgehead atoms. The van der Waals surface area contributed by atoms with Crippen molar-refractivity contribution in [2.24, 2.45) is 7.05 Å². The van der Waals surface area contributed by atoms with Gasteiger partial charge in [0, 0.05) is 24.5 Å². The summed E-state index contributed by atoms with van der Waals surface area (Å²) in [6.45, 7) is 9.81. The summed E-state index contributed by atoms with van der Waals surface area (Å²) in [6.07, 6.45) is 3.74. The molecule has 1 amide bonds. The molecule has 8 heteroatoms. The lowest BCUT2D eigenvalue weighted by atomic mass is 10.2. The third-order valence-corrected chi connectivity index (χ3v) is 5.33. The van der Waals surface area contributed by atoms with E-state index in [2.05, 4.69) is 15.0 Å². The molecule has 1 atom stereocenters. The molecule has 0 fully saturated rings. The van der Waals surface area contributed by atoms with Crippen LogP contribution >= 0.6 is 0 Å². The second-order valence-corrected chi connectivity index (χ2v) is 7.56. The van der Waals surface area contributed by atoms with Gasteiger partial charge in [-0.05, 0) is 64.5 Å². The maximum Gasteiger partial charge on any atom is 0.331 e. The van der Waals surface area contributed by atoms with E-state index in [1.54, 1.807) is 24.1 Å². The molecule has 0 radical (unpaired) electrons. The number of ether oxygens (including phenoxy) is 1. The van der Waals surface area contributed by atoms with Crippen molar-refractivity contribution < 1.29 is 18.7 Å². The van der Waals surface area contributed by atoms with Crippen LogP contribution in [0.2, 0.25) is 0 Å². The third kappa shape index (κ3) is 4.96. The van der Waals surface area contributed by atoms with Gasteiger partial charge in [0.15, 0.2) is 6.10 Å². The number of hydrogen-bond donors (Lipinski definition) is 1. The van der Waals surface area contributed by atoms with E-state index in [1.807, 2.05) is 45.9 Å². The summed E-state index contributed by atoms with van der Waals surface area (Å²) in [5.74, 6) is -0.133. The molecule has 8 nitrogen and oxygen atoms in total. The van der Waals surface area contributed by atoms with Gasteiger partial charge in [-0.1, -0.05) is 0 Å². The van der Waals surface area contributed by atoms with Crippen LogP contribution in [0.5, 0.6) is 0 Å². The van der Waals surface area contributed by atoms with Gasteiger partial charge in [0.25, 0.3) is 5.91 Å². The average molecular weight is 425 g/mol. The van der Waals surface area contributed by atoms with Crippen molar-refractivity contribution in [3.05, 3.63) is 64.6 Å². The van der Waals surface area contributed by atoms with Crippen LogP contribution in [-0.4, -0.2) is 32.3 Å². The zero-order valence-corrected chi connectivity index (χ0v) is 18.7. The second kappa shape index (κ2) is 9.07. The van der Waals surface area contributed by atoms with Crippen LogP contribution in [0.1, 0.15) is 41.0 Å². The standard InChI is InChI=1S/C23H28N4O4/c1-14-12-19(16(3)27(14)13-20-8-7-11-30-20)9-10-21(28)31-18(5)23(29)24-22-15(2)25-26(6)17(22)4/h7-12,18H,13H2,1-6H3,(H,24,29)/b10-9+/t18-/m0/s1. The highest BCUT2D eigenvalue weighted by atomic mass is 16.5. The van der Waals surface area contributed by atoms with E-state index < -0.39 is 18.0 Å². The van der Waals surface area contributed by atoms with E-state index >= 15 is 0 Å². The quantitative estimate of drug-likeness (QED) is 0.461. The molecular weight excluding hydrogens is 396 g/mol. The predicted molar refractivity (Wildman–Crippen MR) is 118 cm³/mol. The van der Waals surface area contributed by atoms with Crippen LogP contribution in [0.4, 0.5) is 5.69 Å². The second-order valence-electron chi connectivity index (χ2n) is 7.56. The van der Waals surface area contributed by atoms with Crippen molar-refractivity contribution in [1.29, 1.82) is 0 Å². The molecular formula is C23H28N4O4. The fraction of sp³-hybridized carbons (Fsp3) is 0.348. The molecule has 0 aliphatic rings. The number of hydrogen-bond acceptors (Lipinski definition) is 5. The molecule has 0 aliphatic heterocycles. The number of nitrogens with zero attached hydrogens (tertiary/aromatic N) is 3. The van der Waals surface area contributed by atoms with E-state index in [-0.39, 0.29) is 0 Å². The lowest BCUT2D eigenvalue weighted by Gasteiger charge is -2.12.